The quantitative estimate of drug-likeness (QED) is 0.880. The Morgan fingerprint density at radius 1 is 1.39 bits per heavy atom. The summed E-state index contributed by atoms with van der Waals surface area (Å²) in [6.07, 6.45) is 4.76. The molecule has 0 amide bonds. The molecule has 0 spiro atoms. The van der Waals surface area contributed by atoms with Crippen LogP contribution in [0.4, 0.5) is 11.6 Å². The maximum atomic E-state index is 6.24. The van der Waals surface area contributed by atoms with Gasteiger partial charge >= 0.3 is 0 Å². The monoisotopic (exact) mass is 287 g/mol. The minimum atomic E-state index is 0.565. The summed E-state index contributed by atoms with van der Waals surface area (Å²) in [6.45, 7) is 2.97. The Balaban J connectivity index is 2.22. The van der Waals surface area contributed by atoms with Crippen LogP contribution in [0.15, 0.2) is 6.07 Å². The summed E-state index contributed by atoms with van der Waals surface area (Å²) in [7, 11) is 2.05. The van der Waals surface area contributed by atoms with Gasteiger partial charge in [0, 0.05) is 19.6 Å². The lowest BCUT2D eigenvalue weighted by Gasteiger charge is -2.36. The average Bonchev–Trinajstić information content (AvgIpc) is 2.25. The van der Waals surface area contributed by atoms with E-state index in [-0.39, 0.29) is 0 Å². The van der Waals surface area contributed by atoms with E-state index in [0.717, 1.165) is 24.6 Å². The molecular formula is C13H19Cl2N3. The predicted octanol–water partition coefficient (Wildman–Crippen LogP) is 4.20. The van der Waals surface area contributed by atoms with Gasteiger partial charge in [-0.05, 0) is 31.7 Å². The molecule has 2 rings (SSSR count). The van der Waals surface area contributed by atoms with E-state index >= 15 is 0 Å². The summed E-state index contributed by atoms with van der Waals surface area (Å²) < 4.78 is 0. The molecule has 1 aliphatic carbocycles. The number of nitrogens with one attached hydrogen (secondary N) is 1. The predicted molar refractivity (Wildman–Crippen MR) is 79.1 cm³/mol. The minimum Gasteiger partial charge on any atom is -0.369 e. The van der Waals surface area contributed by atoms with Crippen LogP contribution >= 0.6 is 23.2 Å². The molecule has 0 aliphatic heterocycles. The lowest BCUT2D eigenvalue weighted by atomic mass is 9.92. The molecule has 3 nitrogen and oxygen atoms in total. The van der Waals surface area contributed by atoms with E-state index in [1.165, 1.54) is 19.3 Å². The van der Waals surface area contributed by atoms with Gasteiger partial charge in [0.05, 0.1) is 10.0 Å². The van der Waals surface area contributed by atoms with Crippen LogP contribution in [0.2, 0.25) is 10.0 Å². The molecule has 18 heavy (non-hydrogen) atoms. The van der Waals surface area contributed by atoms with Crippen molar-refractivity contribution in [3.05, 3.63) is 16.1 Å². The van der Waals surface area contributed by atoms with Crippen molar-refractivity contribution >= 4 is 34.8 Å². The summed E-state index contributed by atoms with van der Waals surface area (Å²) >= 11 is 12.4. The number of hydrogen-bond acceptors (Lipinski definition) is 3. The van der Waals surface area contributed by atoms with E-state index in [1.807, 2.05) is 0 Å². The van der Waals surface area contributed by atoms with Crippen molar-refractivity contribution in [2.75, 3.05) is 23.8 Å². The molecule has 1 N–H and O–H groups in total. The highest BCUT2D eigenvalue weighted by molar-refractivity contribution is 6.37. The molecule has 0 saturated heterocycles. The molecule has 1 aromatic rings. The second-order valence-electron chi connectivity index (χ2n) is 4.75. The third-order valence-corrected chi connectivity index (χ3v) is 3.98. The molecule has 0 unspecified atom stereocenters. The van der Waals surface area contributed by atoms with Crippen molar-refractivity contribution in [3.63, 3.8) is 0 Å². The van der Waals surface area contributed by atoms with Gasteiger partial charge in [0.25, 0.3) is 0 Å². The molecule has 1 saturated carbocycles. The van der Waals surface area contributed by atoms with Gasteiger partial charge in [-0.1, -0.05) is 30.1 Å². The number of hydrogen-bond donors (Lipinski definition) is 1. The van der Waals surface area contributed by atoms with Crippen molar-refractivity contribution < 1.29 is 0 Å². The first-order valence-corrected chi connectivity index (χ1v) is 7.21. The van der Waals surface area contributed by atoms with Crippen LogP contribution in [0.3, 0.4) is 0 Å². The fourth-order valence-corrected chi connectivity index (χ4v) is 2.58. The Hall–Kier alpha value is -0.670. The molecular weight excluding hydrogens is 269 g/mol. The van der Waals surface area contributed by atoms with Gasteiger partial charge in [0.1, 0.15) is 11.6 Å². The fourth-order valence-electron chi connectivity index (χ4n) is 2.02. The second kappa shape index (κ2) is 5.98. The van der Waals surface area contributed by atoms with E-state index in [2.05, 4.69) is 29.2 Å². The van der Waals surface area contributed by atoms with E-state index in [0.29, 0.717) is 16.1 Å². The lowest BCUT2D eigenvalue weighted by molar-refractivity contribution is 0.399. The molecule has 0 atom stereocenters. The van der Waals surface area contributed by atoms with E-state index in [4.69, 9.17) is 23.2 Å². The van der Waals surface area contributed by atoms with Crippen LogP contribution in [0.5, 0.6) is 0 Å². The van der Waals surface area contributed by atoms with Crippen LogP contribution in [-0.2, 0) is 0 Å². The minimum absolute atomic E-state index is 0.565. The van der Waals surface area contributed by atoms with Crippen molar-refractivity contribution in [3.8, 4) is 0 Å². The highest BCUT2D eigenvalue weighted by Crippen LogP contribution is 2.35. The SMILES string of the molecule is CCCNc1nc(N(C)C2CCC2)c(Cl)cc1Cl. The van der Waals surface area contributed by atoms with Gasteiger partial charge in [0.15, 0.2) is 0 Å². The maximum absolute atomic E-state index is 6.24. The van der Waals surface area contributed by atoms with Crippen molar-refractivity contribution in [1.29, 1.82) is 0 Å². The van der Waals surface area contributed by atoms with Crippen LogP contribution in [0.1, 0.15) is 32.6 Å². The zero-order chi connectivity index (χ0) is 13.1. The first-order chi connectivity index (χ1) is 8.63. The van der Waals surface area contributed by atoms with Crippen LogP contribution in [0, 0.1) is 0 Å². The maximum Gasteiger partial charge on any atom is 0.149 e. The highest BCUT2D eigenvalue weighted by Gasteiger charge is 2.25. The molecule has 0 bridgehead atoms. The van der Waals surface area contributed by atoms with Crippen LogP contribution in [-0.4, -0.2) is 24.6 Å². The molecule has 5 heteroatoms. The number of halogens is 2. The van der Waals surface area contributed by atoms with Gasteiger partial charge in [-0.15, -0.1) is 0 Å². The summed E-state index contributed by atoms with van der Waals surface area (Å²) in [4.78, 5) is 6.73. The molecule has 0 radical (unpaired) electrons. The third kappa shape index (κ3) is 2.83. The standard InChI is InChI=1S/C13H19Cl2N3/c1-3-7-16-12-10(14)8-11(15)13(17-12)18(2)9-5-4-6-9/h8-9H,3-7H2,1-2H3,(H,16,17). The summed E-state index contributed by atoms with van der Waals surface area (Å²) in [5, 5.41) is 4.44. The Kier molecular flexibility index (Phi) is 4.57. The zero-order valence-corrected chi connectivity index (χ0v) is 12.4. The topological polar surface area (TPSA) is 28.2 Å². The zero-order valence-electron chi connectivity index (χ0n) is 10.8. The molecule has 1 fully saturated rings. The van der Waals surface area contributed by atoms with E-state index in [9.17, 15) is 0 Å². The van der Waals surface area contributed by atoms with Gasteiger partial charge in [-0.2, -0.15) is 0 Å². The third-order valence-electron chi connectivity index (χ3n) is 3.41. The summed E-state index contributed by atoms with van der Waals surface area (Å²) in [5.74, 6) is 1.55. The molecule has 1 aromatic heterocycles. The van der Waals surface area contributed by atoms with Crippen molar-refractivity contribution in [2.24, 2.45) is 0 Å². The first-order valence-electron chi connectivity index (χ1n) is 6.46. The molecule has 100 valence electrons. The van der Waals surface area contributed by atoms with Gasteiger partial charge < -0.3 is 10.2 Å². The van der Waals surface area contributed by atoms with Crippen molar-refractivity contribution in [2.45, 2.75) is 38.6 Å². The van der Waals surface area contributed by atoms with Gasteiger partial charge in [-0.25, -0.2) is 4.98 Å². The average molecular weight is 288 g/mol. The number of anilines is 2. The van der Waals surface area contributed by atoms with Gasteiger partial charge in [0.2, 0.25) is 0 Å². The fraction of sp³-hybridized carbons (Fsp3) is 0.615. The summed E-state index contributed by atoms with van der Waals surface area (Å²) in [5.41, 5.74) is 0. The van der Waals surface area contributed by atoms with E-state index in [1.54, 1.807) is 6.07 Å². The molecule has 0 aromatic carbocycles. The normalized spacial score (nSPS) is 15.3. The first kappa shape index (κ1) is 13.8. The number of rotatable bonds is 5. The Bertz CT molecular complexity index is 419. The largest absolute Gasteiger partial charge is 0.369 e. The Labute approximate surface area is 118 Å². The highest BCUT2D eigenvalue weighted by atomic mass is 35.5. The number of pyridine rings is 1. The molecule has 1 heterocycles. The summed E-state index contributed by atoms with van der Waals surface area (Å²) in [6, 6.07) is 2.34. The van der Waals surface area contributed by atoms with Crippen LogP contribution < -0.4 is 10.2 Å². The van der Waals surface area contributed by atoms with Gasteiger partial charge in [-0.3, -0.25) is 0 Å². The lowest BCUT2D eigenvalue weighted by Crippen LogP contribution is -2.37. The molecule has 1 aliphatic rings. The smallest absolute Gasteiger partial charge is 0.149 e. The number of aromatic nitrogens is 1. The Morgan fingerprint density at radius 2 is 2.11 bits per heavy atom. The van der Waals surface area contributed by atoms with E-state index < -0.39 is 0 Å². The number of nitrogens with zero attached hydrogens (tertiary/aromatic N) is 2. The second-order valence-corrected chi connectivity index (χ2v) is 5.56. The van der Waals surface area contributed by atoms with Crippen LogP contribution in [0.25, 0.3) is 0 Å². The Morgan fingerprint density at radius 3 is 2.67 bits per heavy atom. The van der Waals surface area contributed by atoms with Crippen molar-refractivity contribution in [1.82, 2.24) is 4.98 Å².